The van der Waals surface area contributed by atoms with Crippen LogP contribution in [-0.2, 0) is 0 Å². The summed E-state index contributed by atoms with van der Waals surface area (Å²) in [6, 6.07) is 36.1. The number of carbonyl (C=O) groups excluding carboxylic acids is 1. The molecule has 0 aliphatic heterocycles. The average molecular weight is 523 g/mol. The first-order valence-corrected chi connectivity index (χ1v) is 12.7. The van der Waals surface area contributed by atoms with Crippen LogP contribution in [0.25, 0.3) is 43.8 Å². The van der Waals surface area contributed by atoms with Gasteiger partial charge in [0.2, 0.25) is 0 Å². The maximum atomic E-state index is 14.8. The SMILES string of the molecule is O=C(O)c1ccc(-c2ccc3ccccc3c2C(=O)c2c(-c3ccc(C(=O)O)cc3)ccc3ccccc23)cc1. The van der Waals surface area contributed by atoms with Crippen molar-refractivity contribution in [2.24, 2.45) is 0 Å². The van der Waals surface area contributed by atoms with Gasteiger partial charge in [-0.25, -0.2) is 9.59 Å². The standard InChI is InChI=1S/C35H22O5/c36-33(31-27-7-3-1-5-21(27)17-19-29(31)23-9-13-25(14-10-23)34(37)38)32-28-8-4-2-6-22(28)18-20-30(32)24-11-15-26(16-12-24)35(39)40/h1-20H,(H,37,38)(H,39,40). The lowest BCUT2D eigenvalue weighted by Gasteiger charge is -2.17. The lowest BCUT2D eigenvalue weighted by molar-refractivity contribution is 0.0686. The van der Waals surface area contributed by atoms with Gasteiger partial charge in [-0.15, -0.1) is 0 Å². The van der Waals surface area contributed by atoms with Crippen molar-refractivity contribution in [3.8, 4) is 22.3 Å². The zero-order valence-electron chi connectivity index (χ0n) is 21.2. The van der Waals surface area contributed by atoms with Gasteiger partial charge in [-0.2, -0.15) is 0 Å². The van der Waals surface area contributed by atoms with Gasteiger partial charge >= 0.3 is 11.9 Å². The predicted octanol–water partition coefficient (Wildman–Crippen LogP) is 7.95. The Morgan fingerprint density at radius 3 is 1.18 bits per heavy atom. The number of carboxylic acid groups (broad SMARTS) is 2. The van der Waals surface area contributed by atoms with Crippen LogP contribution in [0.15, 0.2) is 121 Å². The molecule has 0 bridgehead atoms. The molecule has 6 aromatic carbocycles. The Bertz CT molecular complexity index is 1810. The first kappa shape index (κ1) is 24.8. The normalized spacial score (nSPS) is 11.0. The Labute approximate surface area is 229 Å². The van der Waals surface area contributed by atoms with E-state index in [-0.39, 0.29) is 16.9 Å². The van der Waals surface area contributed by atoms with E-state index >= 15 is 0 Å². The van der Waals surface area contributed by atoms with Crippen molar-refractivity contribution >= 4 is 39.3 Å². The van der Waals surface area contributed by atoms with E-state index in [1.54, 1.807) is 24.3 Å². The molecule has 0 heterocycles. The molecule has 0 atom stereocenters. The van der Waals surface area contributed by atoms with Gasteiger partial charge in [-0.05, 0) is 68.1 Å². The van der Waals surface area contributed by atoms with Crippen LogP contribution < -0.4 is 0 Å². The van der Waals surface area contributed by atoms with Crippen LogP contribution in [0.4, 0.5) is 0 Å². The van der Waals surface area contributed by atoms with Crippen molar-refractivity contribution in [3.05, 3.63) is 144 Å². The van der Waals surface area contributed by atoms with E-state index in [0.29, 0.717) is 22.3 Å². The van der Waals surface area contributed by atoms with Gasteiger partial charge in [-0.3, -0.25) is 4.79 Å². The summed E-state index contributed by atoms with van der Waals surface area (Å²) in [5.41, 5.74) is 4.21. The van der Waals surface area contributed by atoms with Crippen molar-refractivity contribution in [3.63, 3.8) is 0 Å². The van der Waals surface area contributed by atoms with Crippen molar-refractivity contribution in [2.45, 2.75) is 0 Å². The van der Waals surface area contributed by atoms with E-state index in [2.05, 4.69) is 0 Å². The molecule has 5 heteroatoms. The highest BCUT2D eigenvalue weighted by Gasteiger charge is 2.24. The van der Waals surface area contributed by atoms with Crippen molar-refractivity contribution in [2.75, 3.05) is 0 Å². The quantitative estimate of drug-likeness (QED) is 0.217. The predicted molar refractivity (Wildman–Crippen MR) is 156 cm³/mol. The summed E-state index contributed by atoms with van der Waals surface area (Å²) in [5, 5.41) is 22.1. The van der Waals surface area contributed by atoms with Crippen LogP contribution in [0.1, 0.15) is 36.6 Å². The van der Waals surface area contributed by atoms with E-state index in [1.807, 2.05) is 72.8 Å². The van der Waals surface area contributed by atoms with Gasteiger partial charge < -0.3 is 10.2 Å². The molecule has 0 radical (unpaired) electrons. The Kier molecular flexibility index (Phi) is 6.17. The summed E-state index contributed by atoms with van der Waals surface area (Å²) in [5.74, 6) is -2.21. The third-order valence-electron chi connectivity index (χ3n) is 7.20. The van der Waals surface area contributed by atoms with Crippen molar-refractivity contribution < 1.29 is 24.6 Å². The first-order valence-electron chi connectivity index (χ1n) is 12.7. The summed E-state index contributed by atoms with van der Waals surface area (Å²) in [4.78, 5) is 37.7. The van der Waals surface area contributed by atoms with Crippen molar-refractivity contribution in [1.29, 1.82) is 0 Å². The van der Waals surface area contributed by atoms with E-state index < -0.39 is 11.9 Å². The number of benzene rings is 6. The molecule has 0 unspecified atom stereocenters. The van der Waals surface area contributed by atoms with Crippen LogP contribution >= 0.6 is 0 Å². The maximum absolute atomic E-state index is 14.8. The van der Waals surface area contributed by atoms with Gasteiger partial charge in [0, 0.05) is 11.1 Å². The van der Waals surface area contributed by atoms with Crippen LogP contribution in [0.2, 0.25) is 0 Å². The topological polar surface area (TPSA) is 91.7 Å². The monoisotopic (exact) mass is 522 g/mol. The molecule has 6 rings (SSSR count). The minimum absolute atomic E-state index is 0.165. The summed E-state index contributed by atoms with van der Waals surface area (Å²) < 4.78 is 0. The third kappa shape index (κ3) is 4.29. The third-order valence-corrected chi connectivity index (χ3v) is 7.20. The number of aromatic carboxylic acids is 2. The Morgan fingerprint density at radius 2 is 0.800 bits per heavy atom. The molecule has 2 N–H and O–H groups in total. The fraction of sp³-hybridized carbons (Fsp3) is 0. The molecule has 0 amide bonds. The Morgan fingerprint density at radius 1 is 0.425 bits per heavy atom. The van der Waals surface area contributed by atoms with Crippen LogP contribution in [0.3, 0.4) is 0 Å². The number of rotatable bonds is 6. The van der Waals surface area contributed by atoms with Crippen LogP contribution in [0.5, 0.6) is 0 Å². The van der Waals surface area contributed by atoms with Gasteiger partial charge in [-0.1, -0.05) is 97.1 Å². The van der Waals surface area contributed by atoms with E-state index in [4.69, 9.17) is 0 Å². The first-order chi connectivity index (χ1) is 19.4. The largest absolute Gasteiger partial charge is 0.478 e. The zero-order valence-corrected chi connectivity index (χ0v) is 21.2. The van der Waals surface area contributed by atoms with Crippen LogP contribution in [-0.4, -0.2) is 27.9 Å². The second kappa shape index (κ2) is 9.97. The summed E-state index contributed by atoms with van der Waals surface area (Å²) in [7, 11) is 0. The number of carboxylic acids is 2. The second-order valence-corrected chi connectivity index (χ2v) is 9.51. The smallest absolute Gasteiger partial charge is 0.335 e. The molecule has 5 nitrogen and oxygen atoms in total. The Hall–Kier alpha value is -5.55. The molecule has 0 fully saturated rings. The minimum Gasteiger partial charge on any atom is -0.478 e. The number of fused-ring (bicyclic) bond motifs is 2. The molecule has 0 aromatic heterocycles. The molecule has 192 valence electrons. The number of hydrogen-bond acceptors (Lipinski definition) is 3. The maximum Gasteiger partial charge on any atom is 0.335 e. The average Bonchev–Trinajstić information content (AvgIpc) is 2.99. The summed E-state index contributed by atoms with van der Waals surface area (Å²) in [6.45, 7) is 0. The Balaban J connectivity index is 1.63. The number of ketones is 1. The van der Waals surface area contributed by atoms with Gasteiger partial charge in [0.25, 0.3) is 0 Å². The molecule has 40 heavy (non-hydrogen) atoms. The van der Waals surface area contributed by atoms with Gasteiger partial charge in [0.15, 0.2) is 5.78 Å². The van der Waals surface area contributed by atoms with Crippen molar-refractivity contribution in [1.82, 2.24) is 0 Å². The summed E-state index contributed by atoms with van der Waals surface area (Å²) >= 11 is 0. The molecule has 0 saturated carbocycles. The highest BCUT2D eigenvalue weighted by atomic mass is 16.4. The molecule has 0 saturated heterocycles. The fourth-order valence-corrected chi connectivity index (χ4v) is 5.22. The minimum atomic E-state index is -1.02. The molecule has 6 aromatic rings. The second-order valence-electron chi connectivity index (χ2n) is 9.51. The van der Waals surface area contributed by atoms with Crippen LogP contribution in [0, 0.1) is 0 Å². The summed E-state index contributed by atoms with van der Waals surface area (Å²) in [6.07, 6.45) is 0. The van der Waals surface area contributed by atoms with E-state index in [9.17, 15) is 24.6 Å². The zero-order chi connectivity index (χ0) is 27.8. The molecule has 0 aliphatic carbocycles. The fourth-order valence-electron chi connectivity index (χ4n) is 5.22. The lowest BCUT2D eigenvalue weighted by Crippen LogP contribution is -2.08. The lowest BCUT2D eigenvalue weighted by atomic mass is 9.84. The van der Waals surface area contributed by atoms with E-state index in [0.717, 1.165) is 32.7 Å². The molecular formula is C35H22O5. The number of carbonyl (C=O) groups is 3. The van der Waals surface area contributed by atoms with E-state index in [1.165, 1.54) is 24.3 Å². The highest BCUT2D eigenvalue weighted by molar-refractivity contribution is 6.27. The molecule has 0 aliphatic rings. The highest BCUT2D eigenvalue weighted by Crippen LogP contribution is 2.37. The molecule has 0 spiro atoms. The van der Waals surface area contributed by atoms with Gasteiger partial charge in [0.05, 0.1) is 11.1 Å². The number of hydrogen-bond donors (Lipinski definition) is 2. The molecular weight excluding hydrogens is 500 g/mol. The van der Waals surface area contributed by atoms with Gasteiger partial charge in [0.1, 0.15) is 0 Å².